The highest BCUT2D eigenvalue weighted by Crippen LogP contribution is 2.45. The van der Waals surface area contributed by atoms with Crippen molar-refractivity contribution in [2.45, 2.75) is 11.8 Å². The minimum absolute atomic E-state index is 0.0133. The molecule has 1 unspecified atom stereocenters. The van der Waals surface area contributed by atoms with Crippen LogP contribution in [0.25, 0.3) is 4.91 Å². The molecule has 1 saturated heterocycles. The second kappa shape index (κ2) is 3.81. The maximum absolute atomic E-state index is 11.5. The standard InChI is InChI=1S/C11H9N3O3S/c1-18-8-4-7(15)14(8)9(11(16)17)10(18)6-5-12-2-3-13-6/h2-3,5,8H,4H2,1H3/p+1/t8-,18?/m1/s1. The Morgan fingerprint density at radius 1 is 1.56 bits per heavy atom. The summed E-state index contributed by atoms with van der Waals surface area (Å²) < 4.78 is 0. The average molecular weight is 264 g/mol. The van der Waals surface area contributed by atoms with Gasteiger partial charge in [-0.3, -0.25) is 14.7 Å². The van der Waals surface area contributed by atoms with Crippen LogP contribution < -0.4 is 0 Å². The third kappa shape index (κ3) is 1.37. The third-order valence-corrected chi connectivity index (χ3v) is 5.33. The molecule has 1 N–H and O–H groups in total. The van der Waals surface area contributed by atoms with Gasteiger partial charge in [0.2, 0.25) is 16.2 Å². The highest BCUT2D eigenvalue weighted by molar-refractivity contribution is 8.06. The summed E-state index contributed by atoms with van der Waals surface area (Å²) in [6.45, 7) is 0. The van der Waals surface area contributed by atoms with E-state index in [0.717, 1.165) is 0 Å². The number of fused-ring (bicyclic) bond motifs is 1. The zero-order valence-electron chi connectivity index (χ0n) is 9.53. The van der Waals surface area contributed by atoms with Gasteiger partial charge in [-0.15, -0.1) is 0 Å². The summed E-state index contributed by atoms with van der Waals surface area (Å²) in [4.78, 5) is 33.0. The quantitative estimate of drug-likeness (QED) is 0.603. The van der Waals surface area contributed by atoms with E-state index in [1.807, 2.05) is 6.26 Å². The summed E-state index contributed by atoms with van der Waals surface area (Å²) in [6.07, 6.45) is 6.96. The molecule has 0 radical (unpaired) electrons. The number of carboxylic acids is 1. The normalized spacial score (nSPS) is 26.1. The number of β-lactam (4-membered cyclic amide) rings is 1. The zero-order valence-corrected chi connectivity index (χ0v) is 10.3. The third-order valence-electron chi connectivity index (χ3n) is 3.09. The fourth-order valence-corrected chi connectivity index (χ4v) is 4.37. The van der Waals surface area contributed by atoms with E-state index in [1.165, 1.54) is 23.5 Å². The molecule has 3 rings (SSSR count). The van der Waals surface area contributed by atoms with Gasteiger partial charge in [-0.25, -0.2) is 9.78 Å². The number of rotatable bonds is 2. The van der Waals surface area contributed by atoms with Crippen molar-refractivity contribution in [3.05, 3.63) is 30.0 Å². The Labute approximate surface area is 106 Å². The van der Waals surface area contributed by atoms with E-state index >= 15 is 0 Å². The Balaban J connectivity index is 2.16. The monoisotopic (exact) mass is 264 g/mol. The number of hydrogen-bond acceptors (Lipinski definition) is 4. The Hall–Kier alpha value is -1.89. The molecule has 1 fully saturated rings. The van der Waals surface area contributed by atoms with Gasteiger partial charge in [-0.2, -0.15) is 0 Å². The molecule has 0 aliphatic carbocycles. The largest absolute Gasteiger partial charge is 0.476 e. The summed E-state index contributed by atoms with van der Waals surface area (Å²) >= 11 is 0. The molecular formula is C11H10N3O3S+. The van der Waals surface area contributed by atoms with Crippen molar-refractivity contribution in [3.8, 4) is 0 Å². The number of hydrogen-bond donors (Lipinski definition) is 1. The van der Waals surface area contributed by atoms with Gasteiger partial charge in [0.1, 0.15) is 11.9 Å². The van der Waals surface area contributed by atoms with Gasteiger partial charge in [0.15, 0.2) is 5.70 Å². The lowest BCUT2D eigenvalue weighted by Gasteiger charge is -2.30. The number of aliphatic carboxylic acids is 1. The maximum Gasteiger partial charge on any atom is 0.358 e. The average Bonchev–Trinajstić information content (AvgIpc) is 2.59. The van der Waals surface area contributed by atoms with Crippen molar-refractivity contribution in [2.75, 3.05) is 6.26 Å². The molecule has 1 amide bonds. The van der Waals surface area contributed by atoms with Gasteiger partial charge in [0, 0.05) is 12.4 Å². The van der Waals surface area contributed by atoms with Gasteiger partial charge in [-0.1, -0.05) is 0 Å². The van der Waals surface area contributed by atoms with E-state index in [4.69, 9.17) is 0 Å². The summed E-state index contributed by atoms with van der Waals surface area (Å²) in [5, 5.41) is 9.29. The molecule has 92 valence electrons. The van der Waals surface area contributed by atoms with Crippen molar-refractivity contribution in [2.24, 2.45) is 0 Å². The number of nitrogens with zero attached hydrogens (tertiary/aromatic N) is 3. The first-order valence-electron chi connectivity index (χ1n) is 5.32. The molecule has 18 heavy (non-hydrogen) atoms. The van der Waals surface area contributed by atoms with Gasteiger partial charge in [-0.05, 0) is 0 Å². The van der Waals surface area contributed by atoms with Crippen molar-refractivity contribution in [3.63, 3.8) is 0 Å². The molecule has 1 aromatic heterocycles. The molecule has 7 heteroatoms. The van der Waals surface area contributed by atoms with Crippen LogP contribution in [0.1, 0.15) is 12.1 Å². The van der Waals surface area contributed by atoms with Gasteiger partial charge in [0.05, 0.1) is 23.5 Å². The molecule has 0 aromatic carbocycles. The number of aromatic nitrogens is 2. The maximum atomic E-state index is 11.5. The van der Waals surface area contributed by atoms with Gasteiger partial charge in [0.25, 0.3) is 0 Å². The molecule has 0 spiro atoms. The zero-order chi connectivity index (χ0) is 12.9. The summed E-state index contributed by atoms with van der Waals surface area (Å²) in [5.41, 5.74) is 0.616. The predicted molar refractivity (Wildman–Crippen MR) is 65.1 cm³/mol. The molecule has 0 saturated carbocycles. The van der Waals surface area contributed by atoms with Crippen molar-refractivity contribution >= 4 is 27.7 Å². The van der Waals surface area contributed by atoms with Crippen LogP contribution in [0.5, 0.6) is 0 Å². The van der Waals surface area contributed by atoms with Crippen LogP contribution in [0, 0.1) is 0 Å². The number of amides is 1. The number of carboxylic acid groups (broad SMARTS) is 1. The van der Waals surface area contributed by atoms with Crippen molar-refractivity contribution in [1.29, 1.82) is 0 Å². The van der Waals surface area contributed by atoms with E-state index in [9.17, 15) is 14.7 Å². The van der Waals surface area contributed by atoms with E-state index in [2.05, 4.69) is 9.97 Å². The second-order valence-corrected chi connectivity index (χ2v) is 6.12. The number of carbonyl (C=O) groups excluding carboxylic acids is 1. The summed E-state index contributed by atoms with van der Waals surface area (Å²) in [6, 6.07) is 0. The molecule has 3 heterocycles. The van der Waals surface area contributed by atoms with Crippen LogP contribution in [0.4, 0.5) is 0 Å². The lowest BCUT2D eigenvalue weighted by atomic mass is 10.1. The predicted octanol–water partition coefficient (Wildman–Crippen LogP) is 0.0499. The Morgan fingerprint density at radius 2 is 2.33 bits per heavy atom. The molecule has 2 aliphatic rings. The van der Waals surface area contributed by atoms with E-state index < -0.39 is 5.97 Å². The van der Waals surface area contributed by atoms with Crippen molar-refractivity contribution < 1.29 is 14.7 Å². The molecular weight excluding hydrogens is 254 g/mol. The highest BCUT2D eigenvalue weighted by Gasteiger charge is 2.60. The Kier molecular flexibility index (Phi) is 2.37. The minimum atomic E-state index is -1.08. The minimum Gasteiger partial charge on any atom is -0.476 e. The molecule has 0 bridgehead atoms. The van der Waals surface area contributed by atoms with Crippen LogP contribution in [-0.2, 0) is 20.5 Å². The smallest absolute Gasteiger partial charge is 0.358 e. The van der Waals surface area contributed by atoms with Gasteiger partial charge >= 0.3 is 5.97 Å². The van der Waals surface area contributed by atoms with Crippen LogP contribution in [-0.4, -0.2) is 43.5 Å². The van der Waals surface area contributed by atoms with E-state index in [1.54, 1.807) is 0 Å². The lowest BCUT2D eigenvalue weighted by molar-refractivity contribution is -0.145. The van der Waals surface area contributed by atoms with Crippen molar-refractivity contribution in [1.82, 2.24) is 14.9 Å². The van der Waals surface area contributed by atoms with Crippen LogP contribution >= 0.6 is 0 Å². The fourth-order valence-electron chi connectivity index (χ4n) is 2.24. The lowest BCUT2D eigenvalue weighted by Crippen LogP contribution is -2.52. The first-order chi connectivity index (χ1) is 8.61. The fraction of sp³-hybridized carbons (Fsp3) is 0.273. The van der Waals surface area contributed by atoms with E-state index in [0.29, 0.717) is 17.0 Å². The molecule has 2 atom stereocenters. The van der Waals surface area contributed by atoms with Crippen LogP contribution in [0.3, 0.4) is 0 Å². The highest BCUT2D eigenvalue weighted by atomic mass is 32.2. The Bertz CT molecular complexity index is 572. The van der Waals surface area contributed by atoms with Gasteiger partial charge < -0.3 is 5.11 Å². The second-order valence-electron chi connectivity index (χ2n) is 4.05. The number of carbonyl (C=O) groups is 2. The van der Waals surface area contributed by atoms with E-state index in [-0.39, 0.29) is 27.9 Å². The Morgan fingerprint density at radius 3 is 2.89 bits per heavy atom. The first-order valence-corrected chi connectivity index (χ1v) is 7.01. The SMILES string of the molecule is C[S+]1C(c2cnccn2)=C(C(=O)O)N2C(=O)C[C@H]21. The summed E-state index contributed by atoms with van der Waals surface area (Å²) in [5.74, 6) is -1.21. The van der Waals surface area contributed by atoms with Crippen LogP contribution in [0.15, 0.2) is 24.3 Å². The molecule has 2 aliphatic heterocycles. The topological polar surface area (TPSA) is 83.4 Å². The molecule has 1 aromatic rings. The molecule has 6 nitrogen and oxygen atoms in total. The first kappa shape index (κ1) is 11.2. The van der Waals surface area contributed by atoms with Crippen LogP contribution in [0.2, 0.25) is 0 Å². The summed E-state index contributed by atoms with van der Waals surface area (Å²) in [7, 11) is -0.320.